The van der Waals surface area contributed by atoms with E-state index < -0.39 is 57.6 Å². The Hall–Kier alpha value is -4.12. The van der Waals surface area contributed by atoms with Crippen LogP contribution in [0.2, 0.25) is 0 Å². The number of aliphatic carboxylic acids is 1. The van der Waals surface area contributed by atoms with Crippen molar-refractivity contribution in [3.8, 4) is 0 Å². The highest BCUT2D eigenvalue weighted by Crippen LogP contribution is 2.43. The van der Waals surface area contributed by atoms with E-state index in [9.17, 15) is 34.1 Å². The van der Waals surface area contributed by atoms with Gasteiger partial charge in [0.2, 0.25) is 5.91 Å². The third-order valence-corrected chi connectivity index (χ3v) is 11.7. The van der Waals surface area contributed by atoms with Crippen LogP contribution >= 0.6 is 7.82 Å². The van der Waals surface area contributed by atoms with Gasteiger partial charge in [0.1, 0.15) is 12.7 Å². The van der Waals surface area contributed by atoms with E-state index in [2.05, 4.69) is 141 Å². The Labute approximate surface area is 424 Å². The maximum atomic E-state index is 12.4. The second-order valence-electron chi connectivity index (χ2n) is 17.3. The van der Waals surface area contributed by atoms with Crippen LogP contribution in [0.1, 0.15) is 194 Å². The molecule has 70 heavy (non-hydrogen) atoms. The second-order valence-corrected chi connectivity index (χ2v) is 18.8. The highest BCUT2D eigenvalue weighted by atomic mass is 31.2. The number of nitrogens with one attached hydrogen (secondary N) is 1. The lowest BCUT2D eigenvalue weighted by atomic mass is 10.1. The molecular weight excluding hydrogens is 902 g/mol. The second kappa shape index (κ2) is 51.2. The molecule has 0 saturated carbocycles. The largest absolute Gasteiger partial charge is 0.480 e. The van der Waals surface area contributed by atoms with Gasteiger partial charge in [-0.25, -0.2) is 9.36 Å². The monoisotopic (exact) mass is 996 g/mol. The summed E-state index contributed by atoms with van der Waals surface area (Å²) in [7, 11) is -4.79. The summed E-state index contributed by atoms with van der Waals surface area (Å²) in [5, 5.41) is 21.9. The molecule has 0 rings (SSSR count). The van der Waals surface area contributed by atoms with Crippen molar-refractivity contribution in [2.24, 2.45) is 0 Å². The van der Waals surface area contributed by atoms with Crippen molar-refractivity contribution in [2.45, 2.75) is 206 Å². The number of carboxylic acids is 1. The SMILES string of the molecule is CC/C=C\C/C=C\C/C=C\C/C=C\C/C=C\C/C=C\CCCCCCC(=O)NC(COP(=O)(O)OCC(O)COC(=O)CCCCCCCCC/C=C\C/C=C\C/C=C\C/C=C\CCCCC)C(=O)O. The Morgan fingerprint density at radius 3 is 1.24 bits per heavy atom. The fraction of sp³-hybridized carbons (Fsp3) is 0.603. The maximum absolute atomic E-state index is 12.4. The van der Waals surface area contributed by atoms with E-state index in [0.717, 1.165) is 116 Å². The van der Waals surface area contributed by atoms with E-state index in [1.807, 2.05) is 0 Å². The Balaban J connectivity index is 3.92. The van der Waals surface area contributed by atoms with Crippen LogP contribution in [-0.4, -0.2) is 64.9 Å². The predicted octanol–water partition coefficient (Wildman–Crippen LogP) is 15.1. The molecule has 0 bridgehead atoms. The summed E-state index contributed by atoms with van der Waals surface area (Å²) >= 11 is 0. The number of phosphoric acid groups is 1. The molecule has 3 unspecified atom stereocenters. The van der Waals surface area contributed by atoms with E-state index in [-0.39, 0.29) is 12.8 Å². The minimum atomic E-state index is -4.79. The summed E-state index contributed by atoms with van der Waals surface area (Å²) in [6.45, 7) is 2.42. The quantitative estimate of drug-likeness (QED) is 0.0199. The third kappa shape index (κ3) is 50.3. The van der Waals surface area contributed by atoms with Gasteiger partial charge in [-0.15, -0.1) is 0 Å². The van der Waals surface area contributed by atoms with Gasteiger partial charge < -0.3 is 25.2 Å². The number of carbonyl (C=O) groups excluding carboxylic acids is 2. The molecule has 0 heterocycles. The highest BCUT2D eigenvalue weighted by molar-refractivity contribution is 7.47. The maximum Gasteiger partial charge on any atom is 0.472 e. The number of aliphatic hydroxyl groups is 1. The van der Waals surface area contributed by atoms with Gasteiger partial charge in [0.25, 0.3) is 0 Å². The van der Waals surface area contributed by atoms with Crippen LogP contribution in [0.25, 0.3) is 0 Å². The smallest absolute Gasteiger partial charge is 0.472 e. The molecule has 3 atom stereocenters. The van der Waals surface area contributed by atoms with Crippen LogP contribution in [0.5, 0.6) is 0 Å². The lowest BCUT2D eigenvalue weighted by Crippen LogP contribution is -2.43. The van der Waals surface area contributed by atoms with Crippen LogP contribution in [-0.2, 0) is 32.7 Å². The van der Waals surface area contributed by atoms with Crippen molar-refractivity contribution in [3.63, 3.8) is 0 Å². The average Bonchev–Trinajstić information content (AvgIpc) is 3.34. The Bertz CT molecular complexity index is 1640. The normalized spacial score (nSPS) is 14.5. The van der Waals surface area contributed by atoms with Crippen molar-refractivity contribution in [3.05, 3.63) is 122 Å². The van der Waals surface area contributed by atoms with Gasteiger partial charge in [-0.2, -0.15) is 0 Å². The van der Waals surface area contributed by atoms with Crippen LogP contribution < -0.4 is 5.32 Å². The summed E-state index contributed by atoms with van der Waals surface area (Å²) < 4.78 is 27.0. The van der Waals surface area contributed by atoms with Crippen molar-refractivity contribution in [2.75, 3.05) is 19.8 Å². The Kier molecular flexibility index (Phi) is 48.2. The average molecular weight is 996 g/mol. The number of rotatable bonds is 48. The molecule has 0 saturated heterocycles. The third-order valence-electron chi connectivity index (χ3n) is 10.7. The minimum absolute atomic E-state index is 0.107. The summed E-state index contributed by atoms with van der Waals surface area (Å²) in [6.07, 6.45) is 69.2. The lowest BCUT2D eigenvalue weighted by molar-refractivity contribution is -0.147. The molecule has 0 radical (unpaired) electrons. The first-order valence-corrected chi connectivity index (χ1v) is 28.1. The number of hydrogen-bond acceptors (Lipinski definition) is 8. The Morgan fingerprint density at radius 2 is 0.829 bits per heavy atom. The summed E-state index contributed by atoms with van der Waals surface area (Å²) in [6, 6.07) is -1.57. The summed E-state index contributed by atoms with van der Waals surface area (Å²) in [5.41, 5.74) is 0. The van der Waals surface area contributed by atoms with Crippen molar-refractivity contribution >= 4 is 25.7 Å². The van der Waals surface area contributed by atoms with Crippen molar-refractivity contribution in [1.82, 2.24) is 5.32 Å². The molecule has 4 N–H and O–H groups in total. The zero-order valence-electron chi connectivity index (χ0n) is 43.3. The molecule has 0 aromatic rings. The fourth-order valence-electron chi connectivity index (χ4n) is 6.65. The van der Waals surface area contributed by atoms with Crippen LogP contribution in [0.15, 0.2) is 122 Å². The lowest BCUT2D eigenvalue weighted by Gasteiger charge is -2.18. The first-order valence-electron chi connectivity index (χ1n) is 26.6. The van der Waals surface area contributed by atoms with Gasteiger partial charge in [0.05, 0.1) is 13.2 Å². The molecule has 0 spiro atoms. The number of ether oxygens (including phenoxy) is 1. The summed E-state index contributed by atoms with van der Waals surface area (Å²) in [5.74, 6) is -2.43. The van der Waals surface area contributed by atoms with Crippen LogP contribution in [0.4, 0.5) is 0 Å². The Morgan fingerprint density at radius 1 is 0.471 bits per heavy atom. The van der Waals surface area contributed by atoms with Crippen molar-refractivity contribution in [1.29, 1.82) is 0 Å². The van der Waals surface area contributed by atoms with E-state index in [4.69, 9.17) is 13.8 Å². The standard InChI is InChI=1S/C58H94NO10P/c1-3-5-7-9-11-13-15-17-19-21-23-25-27-29-31-33-35-37-39-41-43-45-47-49-56(61)59-55(58(63)64)53-69-70(65,66)68-52-54(60)51-67-57(62)50-48-46-44-42-40-38-36-34-32-30-28-26-24-22-20-18-16-14-12-10-8-6-4-2/h5,7,11-14,17-20,23-26,29-32,35,37,54-55,60H,3-4,6,8-10,15-16,21-22,27-28,33-34,36,38-53H2,1-2H3,(H,59,61)(H,63,64)(H,65,66)/b7-5-,13-11-,14-12-,19-17-,20-18-,25-23-,26-24-,31-29-,32-30-,37-35-. The van der Waals surface area contributed by atoms with Crippen LogP contribution in [0.3, 0.4) is 0 Å². The number of esters is 1. The topological polar surface area (TPSA) is 169 Å². The van der Waals surface area contributed by atoms with Crippen LogP contribution in [0, 0.1) is 0 Å². The number of carboxylic acid groups (broad SMARTS) is 1. The number of unbranched alkanes of at least 4 members (excludes halogenated alkanes) is 14. The molecule has 11 nitrogen and oxygen atoms in total. The number of allylic oxidation sites excluding steroid dienone is 20. The molecule has 12 heteroatoms. The van der Waals surface area contributed by atoms with E-state index >= 15 is 0 Å². The number of amides is 1. The first kappa shape index (κ1) is 65.9. The van der Waals surface area contributed by atoms with Crippen molar-refractivity contribution < 1.29 is 47.8 Å². The molecule has 0 fully saturated rings. The molecule has 0 aromatic heterocycles. The molecular formula is C58H94NO10P. The predicted molar refractivity (Wildman–Crippen MR) is 290 cm³/mol. The van der Waals surface area contributed by atoms with Gasteiger partial charge in [-0.3, -0.25) is 18.6 Å². The highest BCUT2D eigenvalue weighted by Gasteiger charge is 2.28. The number of phosphoric ester groups is 1. The molecule has 0 aliphatic heterocycles. The fourth-order valence-corrected chi connectivity index (χ4v) is 7.43. The van der Waals surface area contributed by atoms with Gasteiger partial charge in [-0.1, -0.05) is 193 Å². The number of hydrogen-bond donors (Lipinski definition) is 4. The molecule has 0 aliphatic carbocycles. The molecule has 1 amide bonds. The van der Waals surface area contributed by atoms with E-state index in [1.54, 1.807) is 0 Å². The van der Waals surface area contributed by atoms with E-state index in [1.165, 1.54) is 38.5 Å². The van der Waals surface area contributed by atoms with Gasteiger partial charge in [0, 0.05) is 12.8 Å². The summed E-state index contributed by atoms with van der Waals surface area (Å²) in [4.78, 5) is 46.2. The van der Waals surface area contributed by atoms with Gasteiger partial charge in [-0.05, 0) is 109 Å². The molecule has 396 valence electrons. The first-order chi connectivity index (χ1) is 34.1. The van der Waals surface area contributed by atoms with Gasteiger partial charge >= 0.3 is 19.8 Å². The number of aliphatic hydroxyl groups excluding tert-OH is 1. The van der Waals surface area contributed by atoms with E-state index in [0.29, 0.717) is 12.8 Å². The zero-order chi connectivity index (χ0) is 51.3. The zero-order valence-corrected chi connectivity index (χ0v) is 44.2. The molecule has 0 aliphatic rings. The number of carbonyl (C=O) groups is 3. The minimum Gasteiger partial charge on any atom is -0.480 e. The molecule has 0 aromatic carbocycles. The van der Waals surface area contributed by atoms with Gasteiger partial charge in [0.15, 0.2) is 6.04 Å².